The van der Waals surface area contributed by atoms with Gasteiger partial charge in [-0.05, 0) is 24.8 Å². The third kappa shape index (κ3) is 4.96. The Bertz CT molecular complexity index is 1050. The van der Waals surface area contributed by atoms with E-state index in [-0.39, 0.29) is 35.7 Å². The van der Waals surface area contributed by atoms with Crippen molar-refractivity contribution in [3.63, 3.8) is 0 Å². The molecule has 0 aromatic heterocycles. The lowest BCUT2D eigenvalue weighted by atomic mass is 9.70. The minimum Gasteiger partial charge on any atom is -0.396 e. The minimum absolute atomic E-state index is 0.112. The van der Waals surface area contributed by atoms with E-state index in [9.17, 15) is 19.5 Å². The monoisotopic (exact) mass is 587 g/mol. The first kappa shape index (κ1) is 28.5. The van der Waals surface area contributed by atoms with E-state index in [0.29, 0.717) is 39.0 Å². The predicted octanol–water partition coefficient (Wildman–Crippen LogP) is 2.76. The van der Waals surface area contributed by atoms with Crippen LogP contribution in [0.15, 0.2) is 55.6 Å². The molecule has 3 aliphatic heterocycles. The normalized spacial score (nSPS) is 29.3. The highest BCUT2D eigenvalue weighted by Crippen LogP contribution is 2.60. The second-order valence-electron chi connectivity index (χ2n) is 10.3. The smallest absolute Gasteiger partial charge is 0.248 e. The first-order valence-electron chi connectivity index (χ1n) is 13.4. The minimum atomic E-state index is -1.12. The molecule has 0 aliphatic carbocycles. The molecule has 9 heteroatoms. The molecule has 0 radical (unpaired) electrons. The number of hydrogen-bond acceptors (Lipinski definition) is 5. The molecule has 2 bridgehead atoms. The molecule has 3 heterocycles. The fraction of sp³-hybridized carbons (Fsp3) is 0.552. The van der Waals surface area contributed by atoms with Crippen molar-refractivity contribution in [3.8, 4) is 0 Å². The van der Waals surface area contributed by atoms with Crippen molar-refractivity contribution in [2.45, 2.75) is 55.3 Å². The fourth-order valence-corrected chi connectivity index (χ4v) is 7.41. The Hall–Kier alpha value is -2.49. The van der Waals surface area contributed by atoms with Gasteiger partial charge in [0, 0.05) is 44.2 Å². The van der Waals surface area contributed by atoms with Crippen molar-refractivity contribution in [1.29, 1.82) is 0 Å². The van der Waals surface area contributed by atoms with Crippen molar-refractivity contribution in [2.24, 2.45) is 11.8 Å². The summed E-state index contributed by atoms with van der Waals surface area (Å²) >= 11 is 3.73. The van der Waals surface area contributed by atoms with Gasteiger partial charge in [0.2, 0.25) is 17.7 Å². The molecule has 3 fully saturated rings. The molecule has 38 heavy (non-hydrogen) atoms. The zero-order valence-electron chi connectivity index (χ0n) is 22.0. The van der Waals surface area contributed by atoms with Crippen LogP contribution in [0.1, 0.15) is 31.7 Å². The second-order valence-corrected chi connectivity index (χ2v) is 11.5. The van der Waals surface area contributed by atoms with Gasteiger partial charge in [-0.15, -0.1) is 13.2 Å². The lowest BCUT2D eigenvalue weighted by molar-refractivity contribution is -0.149. The maximum Gasteiger partial charge on any atom is 0.248 e. The molecule has 3 saturated heterocycles. The zero-order chi connectivity index (χ0) is 27.4. The summed E-state index contributed by atoms with van der Waals surface area (Å²) in [6, 6.07) is 8.79. The highest BCUT2D eigenvalue weighted by atomic mass is 79.9. The summed E-state index contributed by atoms with van der Waals surface area (Å²) in [6.07, 6.45) is 4.42. The van der Waals surface area contributed by atoms with Crippen molar-refractivity contribution >= 4 is 33.7 Å². The van der Waals surface area contributed by atoms with E-state index in [1.54, 1.807) is 26.9 Å². The van der Waals surface area contributed by atoms with Crippen LogP contribution < -0.4 is 0 Å². The first-order chi connectivity index (χ1) is 18.3. The average Bonchev–Trinajstić information content (AvgIpc) is 3.50. The van der Waals surface area contributed by atoms with Crippen molar-refractivity contribution in [2.75, 3.05) is 32.8 Å². The SMILES string of the molecule is C=CCN(Cc1ccccc1)C(=O)C1N(CCCO)C(=O)[C@@H]2[C@@H](C(=O)N(CC=C)CCC)[C@@H]3OC12CC3Br. The predicted molar refractivity (Wildman–Crippen MR) is 148 cm³/mol. The molecule has 1 spiro atoms. The lowest BCUT2D eigenvalue weighted by Gasteiger charge is -2.37. The quantitative estimate of drug-likeness (QED) is 0.283. The summed E-state index contributed by atoms with van der Waals surface area (Å²) < 4.78 is 6.61. The molecule has 1 aromatic rings. The summed E-state index contributed by atoms with van der Waals surface area (Å²) in [5.41, 5.74) is -0.156. The van der Waals surface area contributed by atoms with Crippen LogP contribution in [0.2, 0.25) is 0 Å². The van der Waals surface area contributed by atoms with Gasteiger partial charge in [0.25, 0.3) is 0 Å². The van der Waals surface area contributed by atoms with Gasteiger partial charge in [-0.2, -0.15) is 0 Å². The number of likely N-dealkylation sites (tertiary alicyclic amines) is 1. The Morgan fingerprint density at radius 3 is 2.50 bits per heavy atom. The number of hydrogen-bond donors (Lipinski definition) is 1. The molecule has 3 aliphatic rings. The first-order valence-corrected chi connectivity index (χ1v) is 14.3. The number of aliphatic hydroxyl groups excluding tert-OH is 1. The number of carbonyl (C=O) groups excluding carboxylic acids is 3. The van der Waals surface area contributed by atoms with E-state index in [1.165, 1.54) is 0 Å². The topological polar surface area (TPSA) is 90.4 Å². The molecule has 4 rings (SSSR count). The van der Waals surface area contributed by atoms with E-state index < -0.39 is 29.6 Å². The molecule has 206 valence electrons. The maximum atomic E-state index is 14.3. The number of aliphatic hydroxyl groups is 1. The maximum absolute atomic E-state index is 14.3. The average molecular weight is 589 g/mol. The van der Waals surface area contributed by atoms with E-state index in [2.05, 4.69) is 29.1 Å². The van der Waals surface area contributed by atoms with Gasteiger partial charge in [-0.1, -0.05) is 65.3 Å². The number of benzene rings is 1. The second kappa shape index (κ2) is 12.1. The van der Waals surface area contributed by atoms with Crippen LogP contribution in [-0.2, 0) is 25.7 Å². The fourth-order valence-electron chi connectivity index (χ4n) is 6.47. The van der Waals surface area contributed by atoms with Gasteiger partial charge in [0.05, 0.1) is 17.9 Å². The molecule has 0 saturated carbocycles. The number of ether oxygens (including phenoxy) is 1. The van der Waals surface area contributed by atoms with Crippen LogP contribution in [0.5, 0.6) is 0 Å². The highest BCUT2D eigenvalue weighted by Gasteiger charge is 2.76. The van der Waals surface area contributed by atoms with Crippen molar-refractivity contribution in [3.05, 3.63) is 61.2 Å². The molecular weight excluding hydrogens is 550 g/mol. The Morgan fingerprint density at radius 2 is 1.87 bits per heavy atom. The van der Waals surface area contributed by atoms with Crippen LogP contribution >= 0.6 is 15.9 Å². The number of amides is 3. The zero-order valence-corrected chi connectivity index (χ0v) is 23.6. The van der Waals surface area contributed by atoms with Crippen molar-refractivity contribution in [1.82, 2.24) is 14.7 Å². The third-order valence-corrected chi connectivity index (χ3v) is 8.74. The summed E-state index contributed by atoms with van der Waals surface area (Å²) in [4.78, 5) is 47.1. The van der Waals surface area contributed by atoms with Crippen LogP contribution in [0.25, 0.3) is 0 Å². The molecule has 3 unspecified atom stereocenters. The van der Waals surface area contributed by atoms with Crippen LogP contribution in [0, 0.1) is 11.8 Å². The van der Waals surface area contributed by atoms with E-state index in [4.69, 9.17) is 4.74 Å². The van der Waals surface area contributed by atoms with Gasteiger partial charge < -0.3 is 24.5 Å². The Morgan fingerprint density at radius 1 is 1.18 bits per heavy atom. The Balaban J connectivity index is 1.73. The van der Waals surface area contributed by atoms with Crippen molar-refractivity contribution < 1.29 is 24.2 Å². The standard InChI is InChI=1S/C29H38BrN3O5/c1-4-13-31(14-5-2)26(35)22-23-27(36)33(16-10-17-34)25(29(23)18-21(30)24(22)38-29)28(37)32(15-6-3)19-20-11-8-7-9-12-20/h4,6-9,11-12,21-25,34H,1,3,5,10,13-19H2,2H3/t21?,22-,23+,24-,25?,29?/m1/s1. The summed E-state index contributed by atoms with van der Waals surface area (Å²) in [6.45, 7) is 11.3. The number of halogens is 1. The number of nitrogens with zero attached hydrogens (tertiary/aromatic N) is 3. The molecule has 1 N–H and O–H groups in total. The molecule has 1 aromatic carbocycles. The third-order valence-electron chi connectivity index (χ3n) is 7.90. The van der Waals surface area contributed by atoms with Crippen LogP contribution in [0.3, 0.4) is 0 Å². The van der Waals surface area contributed by atoms with E-state index in [1.807, 2.05) is 37.3 Å². The summed E-state index contributed by atoms with van der Waals surface area (Å²) in [5, 5.41) is 9.58. The molecule has 8 nitrogen and oxygen atoms in total. The summed E-state index contributed by atoms with van der Waals surface area (Å²) in [5.74, 6) is -2.06. The van der Waals surface area contributed by atoms with Gasteiger partial charge in [0.1, 0.15) is 11.6 Å². The molecule has 6 atom stereocenters. The van der Waals surface area contributed by atoms with Gasteiger partial charge in [-0.3, -0.25) is 14.4 Å². The van der Waals surface area contributed by atoms with Gasteiger partial charge >= 0.3 is 0 Å². The summed E-state index contributed by atoms with van der Waals surface area (Å²) in [7, 11) is 0. The van der Waals surface area contributed by atoms with E-state index in [0.717, 1.165) is 12.0 Å². The highest BCUT2D eigenvalue weighted by molar-refractivity contribution is 9.09. The number of alkyl halides is 1. The lowest BCUT2D eigenvalue weighted by Crippen LogP contribution is -2.57. The van der Waals surface area contributed by atoms with Gasteiger partial charge in [-0.25, -0.2) is 0 Å². The van der Waals surface area contributed by atoms with Gasteiger partial charge in [0.15, 0.2) is 0 Å². The Labute approximate surface area is 233 Å². The number of rotatable bonds is 13. The van der Waals surface area contributed by atoms with E-state index >= 15 is 0 Å². The Kier molecular flexibility index (Phi) is 9.11. The van der Waals surface area contributed by atoms with Crippen LogP contribution in [0.4, 0.5) is 0 Å². The van der Waals surface area contributed by atoms with Crippen LogP contribution in [-0.4, -0.2) is 92.9 Å². The number of fused-ring (bicyclic) bond motifs is 1. The molecular formula is C29H38BrN3O5. The number of carbonyl (C=O) groups is 3. The molecule has 3 amide bonds. The largest absolute Gasteiger partial charge is 0.396 e.